The van der Waals surface area contributed by atoms with Gasteiger partial charge in [0.05, 0.1) is 11.2 Å². The Morgan fingerprint density at radius 3 is 2.88 bits per heavy atom. The maximum absolute atomic E-state index is 12.8. The van der Waals surface area contributed by atoms with Crippen molar-refractivity contribution in [1.82, 2.24) is 20.3 Å². The van der Waals surface area contributed by atoms with E-state index < -0.39 is 0 Å². The van der Waals surface area contributed by atoms with E-state index in [1.807, 2.05) is 36.1 Å². The van der Waals surface area contributed by atoms with E-state index in [2.05, 4.69) is 15.4 Å². The van der Waals surface area contributed by atoms with Crippen LogP contribution in [0, 0.1) is 0 Å². The van der Waals surface area contributed by atoms with Gasteiger partial charge in [0.1, 0.15) is 0 Å². The van der Waals surface area contributed by atoms with Crippen LogP contribution in [-0.4, -0.2) is 39.3 Å². The van der Waals surface area contributed by atoms with Crippen molar-refractivity contribution in [2.75, 3.05) is 18.8 Å². The number of nitrogen functional groups attached to an aromatic ring is 1. The van der Waals surface area contributed by atoms with Gasteiger partial charge in [-0.25, -0.2) is 0 Å². The first-order valence-corrected chi connectivity index (χ1v) is 8.65. The molecule has 4 rings (SSSR count). The number of amides is 1. The molecule has 0 radical (unpaired) electrons. The number of nitrogens with zero attached hydrogens (tertiary/aromatic N) is 3. The number of piperidine rings is 1. The third-order valence-electron chi connectivity index (χ3n) is 5.04. The van der Waals surface area contributed by atoms with Gasteiger partial charge in [0.25, 0.3) is 5.91 Å². The molecule has 0 spiro atoms. The third kappa shape index (κ3) is 2.65. The summed E-state index contributed by atoms with van der Waals surface area (Å²) in [5.74, 6) is 0.682. The topological polar surface area (TPSA) is 101 Å². The summed E-state index contributed by atoms with van der Waals surface area (Å²) in [6, 6.07) is 7.69. The Hall–Kier alpha value is -2.83. The zero-order valence-corrected chi connectivity index (χ0v) is 14.2. The zero-order chi connectivity index (χ0) is 17.4. The van der Waals surface area contributed by atoms with Gasteiger partial charge < -0.3 is 15.2 Å². The molecule has 1 aromatic carbocycles. The molecule has 3 aromatic rings. The zero-order valence-electron chi connectivity index (χ0n) is 14.2. The Kier molecular flexibility index (Phi) is 3.91. The van der Waals surface area contributed by atoms with Crippen LogP contribution in [0.5, 0.6) is 0 Å². The van der Waals surface area contributed by atoms with Crippen LogP contribution >= 0.6 is 0 Å². The molecule has 1 aliphatic rings. The number of carbonyl (C=O) groups is 1. The number of aromatic amines is 1. The maximum Gasteiger partial charge on any atom is 0.274 e. The average molecular weight is 339 g/mol. The number of nitrogens with one attached hydrogen (secondary N) is 1. The van der Waals surface area contributed by atoms with Crippen molar-refractivity contribution in [3.05, 3.63) is 41.2 Å². The van der Waals surface area contributed by atoms with E-state index in [9.17, 15) is 4.79 Å². The predicted molar refractivity (Wildman–Crippen MR) is 94.3 cm³/mol. The second-order valence-electron chi connectivity index (χ2n) is 6.45. The van der Waals surface area contributed by atoms with Gasteiger partial charge in [-0.05, 0) is 25.3 Å². The van der Waals surface area contributed by atoms with Gasteiger partial charge >= 0.3 is 0 Å². The normalized spacial score (nSPS) is 15.8. The molecule has 1 fully saturated rings. The second-order valence-corrected chi connectivity index (χ2v) is 6.45. The van der Waals surface area contributed by atoms with Crippen LogP contribution in [0.15, 0.2) is 28.8 Å². The van der Waals surface area contributed by atoms with Gasteiger partial charge in [0, 0.05) is 30.0 Å². The van der Waals surface area contributed by atoms with Crippen molar-refractivity contribution >= 4 is 22.7 Å². The van der Waals surface area contributed by atoms with Gasteiger partial charge in [0.2, 0.25) is 5.88 Å². The fourth-order valence-corrected chi connectivity index (χ4v) is 3.64. The maximum atomic E-state index is 12.8. The van der Waals surface area contributed by atoms with Crippen molar-refractivity contribution in [1.29, 1.82) is 0 Å². The Morgan fingerprint density at radius 1 is 1.36 bits per heavy atom. The lowest BCUT2D eigenvalue weighted by molar-refractivity contribution is 0.0707. The van der Waals surface area contributed by atoms with Crippen LogP contribution in [0.3, 0.4) is 0 Å². The Bertz CT molecular complexity index is 905. The Balaban J connectivity index is 1.49. The molecule has 7 heteroatoms. The van der Waals surface area contributed by atoms with E-state index in [1.54, 1.807) is 0 Å². The van der Waals surface area contributed by atoms with E-state index in [4.69, 9.17) is 10.3 Å². The summed E-state index contributed by atoms with van der Waals surface area (Å²) in [6.07, 6.45) is 2.52. The molecule has 1 saturated heterocycles. The molecular formula is C18H21N5O2. The molecule has 0 aliphatic carbocycles. The molecule has 7 nitrogen and oxygen atoms in total. The fourth-order valence-electron chi connectivity index (χ4n) is 3.64. The van der Waals surface area contributed by atoms with E-state index in [0.29, 0.717) is 24.7 Å². The quantitative estimate of drug-likeness (QED) is 0.764. The number of fused-ring (bicyclic) bond motifs is 1. The minimum Gasteiger partial charge on any atom is -0.367 e. The molecule has 0 atom stereocenters. The summed E-state index contributed by atoms with van der Waals surface area (Å²) in [4.78, 5) is 14.7. The minimum atomic E-state index is -0.0220. The molecule has 0 bridgehead atoms. The highest BCUT2D eigenvalue weighted by atomic mass is 16.5. The highest BCUT2D eigenvalue weighted by Gasteiger charge is 2.30. The van der Waals surface area contributed by atoms with E-state index in [1.165, 1.54) is 0 Å². The standard InChI is InChI=1S/C18H21N5O2/c1-2-12-15(22-25-17(12)19)11-7-9-23(10-8-11)18(24)16-13-5-3-4-6-14(13)20-21-16/h3-6,11H,2,7-10,19H2,1H3,(H,20,21). The first-order chi connectivity index (χ1) is 12.2. The number of H-pyrrole nitrogens is 1. The SMILES string of the molecule is CCc1c(C2CCN(C(=O)c3n[nH]c4ccccc34)CC2)noc1N. The van der Waals surface area contributed by atoms with Crippen molar-refractivity contribution in [3.8, 4) is 0 Å². The van der Waals surface area contributed by atoms with E-state index in [-0.39, 0.29) is 11.8 Å². The van der Waals surface area contributed by atoms with Crippen LogP contribution in [0.2, 0.25) is 0 Å². The van der Waals surface area contributed by atoms with E-state index >= 15 is 0 Å². The number of nitrogens with two attached hydrogens (primary N) is 1. The number of anilines is 1. The smallest absolute Gasteiger partial charge is 0.274 e. The number of rotatable bonds is 3. The number of hydrogen-bond donors (Lipinski definition) is 2. The lowest BCUT2D eigenvalue weighted by Gasteiger charge is -2.31. The van der Waals surface area contributed by atoms with Gasteiger partial charge in [0.15, 0.2) is 5.69 Å². The summed E-state index contributed by atoms with van der Waals surface area (Å²) in [6.45, 7) is 3.41. The van der Waals surface area contributed by atoms with Gasteiger partial charge in [-0.2, -0.15) is 5.10 Å². The lowest BCUT2D eigenvalue weighted by atomic mass is 9.90. The lowest BCUT2D eigenvalue weighted by Crippen LogP contribution is -2.38. The first kappa shape index (κ1) is 15.7. The number of carbonyl (C=O) groups excluding carboxylic acids is 1. The van der Waals surface area contributed by atoms with Crippen LogP contribution in [0.25, 0.3) is 10.9 Å². The second kappa shape index (κ2) is 6.23. The monoisotopic (exact) mass is 339 g/mol. The first-order valence-electron chi connectivity index (χ1n) is 8.65. The largest absolute Gasteiger partial charge is 0.367 e. The molecular weight excluding hydrogens is 318 g/mol. The molecule has 0 saturated carbocycles. The van der Waals surface area contributed by atoms with Crippen molar-refractivity contribution in [2.24, 2.45) is 0 Å². The molecule has 2 aromatic heterocycles. The molecule has 1 aliphatic heterocycles. The average Bonchev–Trinajstić information content (AvgIpc) is 3.24. The van der Waals surface area contributed by atoms with Crippen LogP contribution in [0.4, 0.5) is 5.88 Å². The summed E-state index contributed by atoms with van der Waals surface area (Å²) in [7, 11) is 0. The number of likely N-dealkylation sites (tertiary alicyclic amines) is 1. The van der Waals surface area contributed by atoms with Gasteiger partial charge in [-0.15, -0.1) is 0 Å². The summed E-state index contributed by atoms with van der Waals surface area (Å²) in [5, 5.41) is 12.2. The molecule has 3 N–H and O–H groups in total. The van der Waals surface area contributed by atoms with Crippen molar-refractivity contribution in [3.63, 3.8) is 0 Å². The van der Waals surface area contributed by atoms with E-state index in [0.717, 1.165) is 41.4 Å². The number of benzene rings is 1. The van der Waals surface area contributed by atoms with Crippen LogP contribution in [0.1, 0.15) is 47.4 Å². The summed E-state index contributed by atoms with van der Waals surface area (Å²) in [5.41, 5.74) is 9.18. The van der Waals surface area contributed by atoms with Crippen LogP contribution < -0.4 is 5.73 Å². The summed E-state index contributed by atoms with van der Waals surface area (Å²) >= 11 is 0. The van der Waals surface area contributed by atoms with Crippen molar-refractivity contribution in [2.45, 2.75) is 32.1 Å². The van der Waals surface area contributed by atoms with Gasteiger partial charge in [-0.3, -0.25) is 9.89 Å². The summed E-state index contributed by atoms with van der Waals surface area (Å²) < 4.78 is 5.15. The molecule has 3 heterocycles. The predicted octanol–water partition coefficient (Wildman–Crippen LogP) is 2.72. The third-order valence-corrected chi connectivity index (χ3v) is 5.04. The molecule has 130 valence electrons. The highest BCUT2D eigenvalue weighted by molar-refractivity contribution is 6.04. The molecule has 1 amide bonds. The fraction of sp³-hybridized carbons (Fsp3) is 0.389. The number of aromatic nitrogens is 3. The highest BCUT2D eigenvalue weighted by Crippen LogP contribution is 2.33. The number of para-hydroxylation sites is 1. The molecule has 0 unspecified atom stereocenters. The molecule has 25 heavy (non-hydrogen) atoms. The van der Waals surface area contributed by atoms with Crippen molar-refractivity contribution < 1.29 is 9.32 Å². The van der Waals surface area contributed by atoms with Crippen LogP contribution in [-0.2, 0) is 6.42 Å². The number of hydrogen-bond acceptors (Lipinski definition) is 5. The Morgan fingerprint density at radius 2 is 2.12 bits per heavy atom. The van der Waals surface area contributed by atoms with Gasteiger partial charge in [-0.1, -0.05) is 30.3 Å². The Labute approximate surface area is 145 Å². The minimum absolute atomic E-state index is 0.0220.